The largest absolute Gasteiger partial charge is 0.317 e. The van der Waals surface area contributed by atoms with Crippen molar-refractivity contribution in [1.29, 1.82) is 0 Å². The molecule has 1 saturated carbocycles. The van der Waals surface area contributed by atoms with Crippen molar-refractivity contribution >= 4 is 0 Å². The molecule has 2 heteroatoms. The van der Waals surface area contributed by atoms with Gasteiger partial charge >= 0.3 is 0 Å². The molecule has 2 N–H and O–H groups in total. The van der Waals surface area contributed by atoms with E-state index < -0.39 is 0 Å². The molecule has 2 saturated heterocycles. The van der Waals surface area contributed by atoms with Gasteiger partial charge in [-0.1, -0.05) is 66.2 Å². The van der Waals surface area contributed by atoms with E-state index in [0.717, 1.165) is 11.8 Å². The third-order valence-electron chi connectivity index (χ3n) is 4.62. The molecule has 3 fully saturated rings. The predicted molar refractivity (Wildman–Crippen MR) is 102 cm³/mol. The molecule has 0 spiro atoms. The van der Waals surface area contributed by atoms with E-state index in [2.05, 4.69) is 24.5 Å². The Morgan fingerprint density at radius 3 is 1.73 bits per heavy atom. The van der Waals surface area contributed by atoms with E-state index in [1.807, 2.05) is 13.8 Å². The van der Waals surface area contributed by atoms with Gasteiger partial charge < -0.3 is 10.6 Å². The molecule has 0 aromatic rings. The van der Waals surface area contributed by atoms with Crippen LogP contribution in [0.1, 0.15) is 91.9 Å². The fourth-order valence-electron chi connectivity index (χ4n) is 3.49. The van der Waals surface area contributed by atoms with E-state index in [4.69, 9.17) is 0 Å². The normalized spacial score (nSPS) is 27.3. The number of hydrogen-bond donors (Lipinski definition) is 2. The van der Waals surface area contributed by atoms with E-state index in [1.54, 1.807) is 0 Å². The van der Waals surface area contributed by atoms with Crippen LogP contribution in [0.15, 0.2) is 0 Å². The molecule has 2 atom stereocenters. The van der Waals surface area contributed by atoms with Crippen LogP contribution in [-0.2, 0) is 0 Å². The van der Waals surface area contributed by atoms with Crippen LogP contribution in [-0.4, -0.2) is 26.2 Å². The first-order chi connectivity index (χ1) is 10.9. The third kappa shape index (κ3) is 11.5. The molecule has 3 rings (SSSR count). The molecular weight excluding hydrogens is 268 g/mol. The van der Waals surface area contributed by atoms with Gasteiger partial charge in [0.15, 0.2) is 0 Å². The summed E-state index contributed by atoms with van der Waals surface area (Å²) in [6.07, 6.45) is 14.4. The molecule has 22 heavy (non-hydrogen) atoms. The quantitative estimate of drug-likeness (QED) is 0.627. The van der Waals surface area contributed by atoms with Crippen LogP contribution in [0.4, 0.5) is 0 Å². The van der Waals surface area contributed by atoms with Crippen molar-refractivity contribution in [3.8, 4) is 0 Å². The number of nitrogens with one attached hydrogen (secondary N) is 2. The summed E-state index contributed by atoms with van der Waals surface area (Å²) < 4.78 is 0. The van der Waals surface area contributed by atoms with Gasteiger partial charge in [0, 0.05) is 0 Å². The fraction of sp³-hybridized carbons (Fsp3) is 1.00. The molecular formula is C20H44N2. The van der Waals surface area contributed by atoms with Gasteiger partial charge in [0.1, 0.15) is 0 Å². The molecule has 0 aromatic carbocycles. The second kappa shape index (κ2) is 17.3. The van der Waals surface area contributed by atoms with Crippen molar-refractivity contribution in [2.24, 2.45) is 11.8 Å². The highest BCUT2D eigenvalue weighted by molar-refractivity contribution is 4.81. The van der Waals surface area contributed by atoms with Gasteiger partial charge in [-0.25, -0.2) is 0 Å². The standard InChI is InChI=1S/C9H17N.C6H13N.C3H8.C2H6/c1-2-4-9-7-10-6-5-8(9)3-1;1-2-4-6-7-5-3-1;1-3-2;1-2/h8-10H,1-7H2;7H,1-6H2;3H2,1-2H3;1-2H3. The van der Waals surface area contributed by atoms with Crippen molar-refractivity contribution in [3.63, 3.8) is 0 Å². The minimum absolute atomic E-state index is 1.04. The van der Waals surface area contributed by atoms with Crippen LogP contribution < -0.4 is 10.6 Å². The summed E-state index contributed by atoms with van der Waals surface area (Å²) in [5.41, 5.74) is 0. The maximum atomic E-state index is 3.48. The monoisotopic (exact) mass is 312 g/mol. The first-order valence-corrected chi connectivity index (χ1v) is 10.3. The molecule has 1 aliphatic carbocycles. The molecule has 0 aromatic heterocycles. The highest BCUT2D eigenvalue weighted by atomic mass is 14.9. The summed E-state index contributed by atoms with van der Waals surface area (Å²) in [5, 5.41) is 6.83. The van der Waals surface area contributed by atoms with Crippen molar-refractivity contribution in [2.75, 3.05) is 26.2 Å². The summed E-state index contributed by atoms with van der Waals surface area (Å²) >= 11 is 0. The van der Waals surface area contributed by atoms with E-state index in [9.17, 15) is 0 Å². The molecule has 3 aliphatic rings. The molecule has 2 aliphatic heterocycles. The second-order valence-corrected chi connectivity index (χ2v) is 6.67. The lowest BCUT2D eigenvalue weighted by Gasteiger charge is -2.35. The van der Waals surface area contributed by atoms with Gasteiger partial charge in [-0.3, -0.25) is 0 Å². The Hall–Kier alpha value is -0.0800. The SMILES string of the molecule is C1CCC2CNCCC2C1.C1CCCNCC1.CC.CCC. The van der Waals surface area contributed by atoms with Gasteiger partial charge in [0.2, 0.25) is 0 Å². The van der Waals surface area contributed by atoms with Crippen molar-refractivity contribution in [1.82, 2.24) is 10.6 Å². The first-order valence-electron chi connectivity index (χ1n) is 10.3. The summed E-state index contributed by atoms with van der Waals surface area (Å²) in [7, 11) is 0. The number of rotatable bonds is 0. The maximum absolute atomic E-state index is 3.48. The van der Waals surface area contributed by atoms with E-state index in [0.29, 0.717) is 0 Å². The highest BCUT2D eigenvalue weighted by Gasteiger charge is 2.26. The molecule has 2 nitrogen and oxygen atoms in total. The summed E-state index contributed by atoms with van der Waals surface area (Å²) in [5.74, 6) is 2.14. The maximum Gasteiger partial charge on any atom is -0.00179 e. The minimum Gasteiger partial charge on any atom is -0.317 e. The molecule has 2 heterocycles. The Morgan fingerprint density at radius 1 is 0.636 bits per heavy atom. The van der Waals surface area contributed by atoms with Crippen LogP contribution in [0, 0.1) is 11.8 Å². The zero-order valence-electron chi connectivity index (χ0n) is 16.1. The van der Waals surface area contributed by atoms with E-state index in [1.165, 1.54) is 90.4 Å². The number of fused-ring (bicyclic) bond motifs is 1. The first kappa shape index (κ1) is 21.9. The molecule has 134 valence electrons. The van der Waals surface area contributed by atoms with Crippen molar-refractivity contribution in [3.05, 3.63) is 0 Å². The van der Waals surface area contributed by atoms with Gasteiger partial charge in [-0.15, -0.1) is 0 Å². The minimum atomic E-state index is 1.04. The third-order valence-corrected chi connectivity index (χ3v) is 4.62. The van der Waals surface area contributed by atoms with Gasteiger partial charge in [-0.05, 0) is 63.7 Å². The zero-order valence-corrected chi connectivity index (χ0v) is 16.1. The summed E-state index contributed by atoms with van der Waals surface area (Å²) in [6.45, 7) is 13.3. The second-order valence-electron chi connectivity index (χ2n) is 6.67. The van der Waals surface area contributed by atoms with Crippen LogP contribution in [0.3, 0.4) is 0 Å². The van der Waals surface area contributed by atoms with Gasteiger partial charge in [-0.2, -0.15) is 0 Å². The Balaban J connectivity index is 0.000000323. The van der Waals surface area contributed by atoms with Crippen LogP contribution in [0.2, 0.25) is 0 Å². The van der Waals surface area contributed by atoms with Gasteiger partial charge in [0.25, 0.3) is 0 Å². The zero-order chi connectivity index (χ0) is 16.5. The van der Waals surface area contributed by atoms with Gasteiger partial charge in [0.05, 0.1) is 0 Å². The molecule has 0 amide bonds. The highest BCUT2D eigenvalue weighted by Crippen LogP contribution is 2.33. The smallest absolute Gasteiger partial charge is 0.00179 e. The lowest BCUT2D eigenvalue weighted by atomic mass is 9.76. The summed E-state index contributed by atoms with van der Waals surface area (Å²) in [4.78, 5) is 0. The Labute approximate surface area is 141 Å². The Kier molecular flexibility index (Phi) is 17.2. The average molecular weight is 313 g/mol. The molecule has 2 unspecified atom stereocenters. The Bertz CT molecular complexity index is 160. The fourth-order valence-corrected chi connectivity index (χ4v) is 3.49. The van der Waals surface area contributed by atoms with Crippen LogP contribution >= 0.6 is 0 Å². The predicted octanol–water partition coefficient (Wildman–Crippen LogP) is 5.38. The lowest BCUT2D eigenvalue weighted by Crippen LogP contribution is -2.38. The molecule has 0 bridgehead atoms. The lowest BCUT2D eigenvalue weighted by molar-refractivity contribution is 0.185. The van der Waals surface area contributed by atoms with Crippen molar-refractivity contribution < 1.29 is 0 Å². The van der Waals surface area contributed by atoms with E-state index in [-0.39, 0.29) is 0 Å². The number of piperidine rings is 1. The van der Waals surface area contributed by atoms with Crippen LogP contribution in [0.5, 0.6) is 0 Å². The molecule has 0 radical (unpaired) electrons. The van der Waals surface area contributed by atoms with Crippen molar-refractivity contribution in [2.45, 2.75) is 91.9 Å². The van der Waals surface area contributed by atoms with E-state index >= 15 is 0 Å². The number of hydrogen-bond acceptors (Lipinski definition) is 2. The Morgan fingerprint density at radius 2 is 1.18 bits per heavy atom. The summed E-state index contributed by atoms with van der Waals surface area (Å²) in [6, 6.07) is 0. The average Bonchev–Trinajstić information content (AvgIpc) is 2.91. The topological polar surface area (TPSA) is 24.1 Å². The van der Waals surface area contributed by atoms with Crippen LogP contribution in [0.25, 0.3) is 0 Å².